The Morgan fingerprint density at radius 2 is 1.87 bits per heavy atom. The summed E-state index contributed by atoms with van der Waals surface area (Å²) in [5.74, 6) is -0.506. The summed E-state index contributed by atoms with van der Waals surface area (Å²) in [7, 11) is -3.11. The molecule has 0 saturated heterocycles. The summed E-state index contributed by atoms with van der Waals surface area (Å²) in [6.07, 6.45) is 1.20. The van der Waals surface area contributed by atoms with Gasteiger partial charge in [0.1, 0.15) is 0 Å². The van der Waals surface area contributed by atoms with Gasteiger partial charge in [0.2, 0.25) is 0 Å². The Labute approximate surface area is 89.3 Å². The molecule has 0 aliphatic heterocycles. The molecule has 1 aliphatic rings. The van der Waals surface area contributed by atoms with E-state index in [2.05, 4.69) is 6.07 Å². The second-order valence-corrected chi connectivity index (χ2v) is 6.09. The molecular weight excluding hydrogens is 210 g/mol. The number of sulfone groups is 1. The van der Waals surface area contributed by atoms with E-state index in [1.807, 2.05) is 30.3 Å². The maximum absolute atomic E-state index is 11.4. The highest BCUT2D eigenvalue weighted by atomic mass is 32.2. The molecule has 1 aromatic rings. The van der Waals surface area contributed by atoms with Gasteiger partial charge < -0.3 is 0 Å². The summed E-state index contributed by atoms with van der Waals surface area (Å²) >= 11 is 0. The van der Waals surface area contributed by atoms with Crippen LogP contribution in [-0.4, -0.2) is 19.9 Å². The van der Waals surface area contributed by atoms with Gasteiger partial charge in [-0.3, -0.25) is 0 Å². The lowest BCUT2D eigenvalue weighted by molar-refractivity contribution is 0.599. The lowest BCUT2D eigenvalue weighted by atomic mass is 10.1. The van der Waals surface area contributed by atoms with Crippen LogP contribution >= 0.6 is 0 Å². The van der Waals surface area contributed by atoms with Crippen LogP contribution < -0.4 is 0 Å². The summed E-state index contributed by atoms with van der Waals surface area (Å²) in [5, 5.41) is 8.35. The lowest BCUT2D eigenvalue weighted by Gasteiger charge is -1.97. The molecule has 4 heteroatoms. The molecule has 1 saturated carbocycles. The molecule has 1 aromatic carbocycles. The van der Waals surface area contributed by atoms with E-state index in [9.17, 15) is 8.42 Å². The van der Waals surface area contributed by atoms with Gasteiger partial charge in [-0.25, -0.2) is 8.42 Å². The molecule has 0 bridgehead atoms. The zero-order valence-corrected chi connectivity index (χ0v) is 9.11. The van der Waals surface area contributed by atoms with E-state index in [1.165, 1.54) is 6.26 Å². The minimum atomic E-state index is -3.11. The predicted octanol–water partition coefficient (Wildman–Crippen LogP) is 1.34. The highest BCUT2D eigenvalue weighted by Gasteiger charge is 2.57. The van der Waals surface area contributed by atoms with Crippen molar-refractivity contribution in [3.8, 4) is 6.07 Å². The maximum Gasteiger partial charge on any atom is 0.152 e. The number of nitrogens with zero attached hydrogens (tertiary/aromatic N) is 1. The van der Waals surface area contributed by atoms with Crippen molar-refractivity contribution < 1.29 is 8.42 Å². The van der Waals surface area contributed by atoms with Gasteiger partial charge in [-0.2, -0.15) is 5.26 Å². The molecule has 3 nitrogen and oxygen atoms in total. The molecular formula is C11H11NO2S. The van der Waals surface area contributed by atoms with Crippen molar-refractivity contribution in [2.75, 3.05) is 6.26 Å². The summed E-state index contributed by atoms with van der Waals surface area (Å²) in [6, 6.07) is 11.4. The van der Waals surface area contributed by atoms with Crippen molar-refractivity contribution in [3.05, 3.63) is 35.9 Å². The van der Waals surface area contributed by atoms with Crippen molar-refractivity contribution in [2.24, 2.45) is 5.92 Å². The van der Waals surface area contributed by atoms with E-state index in [4.69, 9.17) is 5.26 Å². The van der Waals surface area contributed by atoms with E-state index in [1.54, 1.807) is 0 Å². The van der Waals surface area contributed by atoms with Gasteiger partial charge in [-0.15, -0.1) is 0 Å². The molecule has 0 heterocycles. The largest absolute Gasteiger partial charge is 0.229 e. The van der Waals surface area contributed by atoms with Crippen LogP contribution in [-0.2, 0) is 9.84 Å². The summed E-state index contributed by atoms with van der Waals surface area (Å²) in [6.45, 7) is 0. The molecule has 0 spiro atoms. The Morgan fingerprint density at radius 1 is 1.27 bits per heavy atom. The van der Waals surface area contributed by atoms with Crippen LogP contribution in [0.3, 0.4) is 0 Å². The van der Waals surface area contributed by atoms with Gasteiger partial charge in [0.15, 0.2) is 9.84 Å². The minimum Gasteiger partial charge on any atom is -0.229 e. The van der Waals surface area contributed by atoms with Crippen LogP contribution in [0.4, 0.5) is 0 Å². The fraction of sp³-hybridized carbons (Fsp3) is 0.364. The van der Waals surface area contributed by atoms with Gasteiger partial charge in [0, 0.05) is 12.2 Å². The smallest absolute Gasteiger partial charge is 0.152 e. The van der Waals surface area contributed by atoms with E-state index >= 15 is 0 Å². The third-order valence-corrected chi connectivity index (χ3v) is 4.36. The van der Waals surface area contributed by atoms with Gasteiger partial charge in [0.05, 0.1) is 17.2 Å². The fourth-order valence-corrected chi connectivity index (χ4v) is 3.57. The normalized spacial score (nSPS) is 29.5. The van der Waals surface area contributed by atoms with Crippen molar-refractivity contribution in [1.82, 2.24) is 0 Å². The van der Waals surface area contributed by atoms with Crippen LogP contribution in [0.25, 0.3) is 0 Å². The summed E-state index contributed by atoms with van der Waals surface area (Å²) < 4.78 is 22.8. The zero-order valence-electron chi connectivity index (χ0n) is 8.29. The van der Waals surface area contributed by atoms with Gasteiger partial charge in [-0.05, 0) is 5.56 Å². The molecule has 2 rings (SSSR count). The minimum absolute atomic E-state index is 0.133. The number of benzene rings is 1. The van der Waals surface area contributed by atoms with Crippen LogP contribution in [0.15, 0.2) is 30.3 Å². The second-order valence-electron chi connectivity index (χ2n) is 3.89. The third-order valence-electron chi connectivity index (χ3n) is 2.78. The molecule has 3 atom stereocenters. The quantitative estimate of drug-likeness (QED) is 0.757. The van der Waals surface area contributed by atoms with Crippen molar-refractivity contribution in [3.63, 3.8) is 0 Å². The Hall–Kier alpha value is -1.34. The lowest BCUT2D eigenvalue weighted by Crippen LogP contribution is -2.06. The molecule has 0 amide bonds. The van der Waals surface area contributed by atoms with Crippen LogP contribution in [0.1, 0.15) is 11.5 Å². The van der Waals surface area contributed by atoms with Gasteiger partial charge >= 0.3 is 0 Å². The van der Waals surface area contributed by atoms with Crippen LogP contribution in [0.2, 0.25) is 0 Å². The molecule has 78 valence electrons. The topological polar surface area (TPSA) is 57.9 Å². The number of hydrogen-bond acceptors (Lipinski definition) is 3. The first-order valence-electron chi connectivity index (χ1n) is 4.69. The monoisotopic (exact) mass is 221 g/mol. The summed E-state index contributed by atoms with van der Waals surface area (Å²) in [4.78, 5) is 0. The van der Waals surface area contributed by atoms with Crippen molar-refractivity contribution in [2.45, 2.75) is 11.2 Å². The number of rotatable bonds is 2. The third kappa shape index (κ3) is 1.75. The molecule has 3 unspecified atom stereocenters. The first-order valence-corrected chi connectivity index (χ1v) is 6.64. The molecule has 15 heavy (non-hydrogen) atoms. The SMILES string of the molecule is CS(=O)(=O)C1C(C#N)C1c1ccccc1. The molecule has 0 N–H and O–H groups in total. The standard InChI is InChI=1S/C11H11NO2S/c1-15(13,14)11-9(7-12)10(11)8-5-3-2-4-6-8/h2-6,9-11H,1H3. The first kappa shape index (κ1) is 10.2. The molecule has 1 aliphatic carbocycles. The Bertz CT molecular complexity index is 501. The second kappa shape index (κ2) is 3.35. The summed E-state index contributed by atoms with van der Waals surface area (Å²) in [5.41, 5.74) is 0.944. The van der Waals surface area contributed by atoms with E-state index in [0.717, 1.165) is 5.56 Å². The Kier molecular flexibility index (Phi) is 2.28. The predicted molar refractivity (Wildman–Crippen MR) is 56.9 cm³/mol. The molecule has 1 fully saturated rings. The number of hydrogen-bond donors (Lipinski definition) is 0. The highest BCUT2D eigenvalue weighted by Crippen LogP contribution is 2.51. The average Bonchev–Trinajstić information content (AvgIpc) is 2.92. The van der Waals surface area contributed by atoms with Gasteiger partial charge in [0.25, 0.3) is 0 Å². The molecule has 0 aromatic heterocycles. The average molecular weight is 221 g/mol. The van der Waals surface area contributed by atoms with Crippen molar-refractivity contribution >= 4 is 9.84 Å². The maximum atomic E-state index is 11.4. The molecule has 0 radical (unpaired) electrons. The van der Waals surface area contributed by atoms with E-state index < -0.39 is 15.1 Å². The fourth-order valence-electron chi connectivity index (χ4n) is 2.04. The Balaban J connectivity index is 2.32. The van der Waals surface area contributed by atoms with E-state index in [0.29, 0.717) is 0 Å². The van der Waals surface area contributed by atoms with Gasteiger partial charge in [-0.1, -0.05) is 30.3 Å². The van der Waals surface area contributed by atoms with Crippen LogP contribution in [0.5, 0.6) is 0 Å². The number of nitriles is 1. The van der Waals surface area contributed by atoms with Crippen LogP contribution in [0, 0.1) is 17.2 Å². The Morgan fingerprint density at radius 3 is 2.27 bits per heavy atom. The van der Waals surface area contributed by atoms with E-state index in [-0.39, 0.29) is 11.8 Å². The highest BCUT2D eigenvalue weighted by molar-refractivity contribution is 7.91. The first-order chi connectivity index (χ1) is 7.05. The zero-order chi connectivity index (χ0) is 11.1. The van der Waals surface area contributed by atoms with Crippen molar-refractivity contribution in [1.29, 1.82) is 5.26 Å².